The Hall–Kier alpha value is -1.53. The minimum absolute atomic E-state index is 0.236. The number of pyridine rings is 1. The number of amides is 1. The van der Waals surface area contributed by atoms with Gasteiger partial charge in [0.15, 0.2) is 0 Å². The number of aromatic nitrogens is 1. The van der Waals surface area contributed by atoms with Crippen molar-refractivity contribution < 1.29 is 4.79 Å². The van der Waals surface area contributed by atoms with E-state index in [4.69, 9.17) is 11.6 Å². The van der Waals surface area contributed by atoms with Crippen molar-refractivity contribution >= 4 is 17.5 Å². The van der Waals surface area contributed by atoms with Crippen molar-refractivity contribution in [1.82, 2.24) is 9.88 Å². The molecule has 1 rings (SSSR count). The van der Waals surface area contributed by atoms with E-state index in [1.165, 1.54) is 11.1 Å². The van der Waals surface area contributed by atoms with Gasteiger partial charge in [-0.2, -0.15) is 0 Å². The van der Waals surface area contributed by atoms with E-state index in [2.05, 4.69) is 16.8 Å². The molecule has 0 spiro atoms. The van der Waals surface area contributed by atoms with Crippen molar-refractivity contribution in [2.75, 3.05) is 14.1 Å². The van der Waals surface area contributed by atoms with Gasteiger partial charge in [-0.3, -0.25) is 4.79 Å². The predicted molar refractivity (Wildman–Crippen MR) is 54.8 cm³/mol. The summed E-state index contributed by atoms with van der Waals surface area (Å²) in [5.41, 5.74) is 0.671. The van der Waals surface area contributed by atoms with Gasteiger partial charge in [0.05, 0.1) is 0 Å². The summed E-state index contributed by atoms with van der Waals surface area (Å²) in [4.78, 5) is 16.3. The zero-order valence-corrected chi connectivity index (χ0v) is 8.67. The van der Waals surface area contributed by atoms with Crippen LogP contribution in [0.4, 0.5) is 0 Å². The number of halogens is 1. The second-order valence-corrected chi connectivity index (χ2v) is 3.21. The quantitative estimate of drug-likeness (QED) is 0.474. The van der Waals surface area contributed by atoms with Crippen molar-refractivity contribution in [3.8, 4) is 11.8 Å². The summed E-state index contributed by atoms with van der Waals surface area (Å²) in [5, 5.41) is 0.412. The third-order valence-corrected chi connectivity index (χ3v) is 1.67. The standard InChI is InChI=1S/C10H9ClN2O/c1-13(2)10(14)6-4-8-3-5-9(11)12-7-8/h3,5,7H,1-2H3. The average Bonchev–Trinajstić information content (AvgIpc) is 2.16. The largest absolute Gasteiger partial charge is 0.338 e. The van der Waals surface area contributed by atoms with Crippen LogP contribution in [0.15, 0.2) is 18.3 Å². The fourth-order valence-electron chi connectivity index (χ4n) is 0.687. The van der Waals surface area contributed by atoms with E-state index in [0.717, 1.165) is 0 Å². The molecule has 1 aromatic rings. The first kappa shape index (κ1) is 10.6. The minimum Gasteiger partial charge on any atom is -0.338 e. The molecule has 0 aliphatic rings. The molecule has 1 amide bonds. The normalized spacial score (nSPS) is 8.79. The molecule has 0 saturated carbocycles. The molecule has 0 aromatic carbocycles. The minimum atomic E-state index is -0.236. The van der Waals surface area contributed by atoms with Crippen LogP contribution < -0.4 is 0 Å². The zero-order chi connectivity index (χ0) is 10.6. The van der Waals surface area contributed by atoms with Crippen LogP contribution in [0.5, 0.6) is 0 Å². The van der Waals surface area contributed by atoms with Crippen molar-refractivity contribution in [3.05, 3.63) is 29.0 Å². The molecule has 3 nitrogen and oxygen atoms in total. The Morgan fingerprint density at radius 3 is 2.71 bits per heavy atom. The lowest BCUT2D eigenvalue weighted by Gasteiger charge is -2.02. The maximum atomic E-state index is 11.1. The van der Waals surface area contributed by atoms with Gasteiger partial charge >= 0.3 is 0 Å². The molecule has 0 saturated heterocycles. The second-order valence-electron chi connectivity index (χ2n) is 2.82. The van der Waals surface area contributed by atoms with E-state index in [1.807, 2.05) is 0 Å². The van der Waals surface area contributed by atoms with Gasteiger partial charge in [-0.05, 0) is 12.1 Å². The molecule has 1 aromatic heterocycles. The highest BCUT2D eigenvalue weighted by atomic mass is 35.5. The summed E-state index contributed by atoms with van der Waals surface area (Å²) in [6.07, 6.45) is 1.53. The Morgan fingerprint density at radius 1 is 1.50 bits per heavy atom. The molecular weight excluding hydrogens is 200 g/mol. The number of hydrogen-bond donors (Lipinski definition) is 0. The Bertz CT molecular complexity index is 387. The number of carbonyl (C=O) groups is 1. The molecule has 0 N–H and O–H groups in total. The Morgan fingerprint density at radius 2 is 2.21 bits per heavy atom. The van der Waals surface area contributed by atoms with Crippen molar-refractivity contribution in [2.24, 2.45) is 0 Å². The number of rotatable bonds is 0. The first-order valence-corrected chi connectivity index (χ1v) is 4.32. The monoisotopic (exact) mass is 208 g/mol. The molecule has 0 radical (unpaired) electrons. The summed E-state index contributed by atoms with van der Waals surface area (Å²) in [5.74, 6) is 4.93. The maximum Gasteiger partial charge on any atom is 0.298 e. The summed E-state index contributed by atoms with van der Waals surface area (Å²) in [6.45, 7) is 0. The van der Waals surface area contributed by atoms with Crippen LogP contribution in [-0.2, 0) is 4.79 Å². The van der Waals surface area contributed by atoms with E-state index in [-0.39, 0.29) is 5.91 Å². The number of hydrogen-bond acceptors (Lipinski definition) is 2. The molecule has 1 heterocycles. The highest BCUT2D eigenvalue weighted by Gasteiger charge is 1.96. The lowest BCUT2D eigenvalue weighted by Crippen LogP contribution is -2.19. The van der Waals surface area contributed by atoms with Gasteiger partial charge in [0.2, 0.25) is 0 Å². The molecule has 0 atom stereocenters. The van der Waals surface area contributed by atoms with Gasteiger partial charge in [-0.15, -0.1) is 0 Å². The topological polar surface area (TPSA) is 33.2 Å². The van der Waals surface area contributed by atoms with Crippen molar-refractivity contribution in [2.45, 2.75) is 0 Å². The van der Waals surface area contributed by atoms with Gasteiger partial charge in [0.1, 0.15) is 5.15 Å². The number of carbonyl (C=O) groups excluding carboxylic acids is 1. The van der Waals surface area contributed by atoms with E-state index in [1.54, 1.807) is 26.2 Å². The number of nitrogens with zero attached hydrogens (tertiary/aromatic N) is 2. The van der Waals surface area contributed by atoms with Crippen LogP contribution in [0.3, 0.4) is 0 Å². The van der Waals surface area contributed by atoms with Gasteiger partial charge in [-0.25, -0.2) is 4.98 Å². The van der Waals surface area contributed by atoms with Crippen LogP contribution in [-0.4, -0.2) is 29.9 Å². The van der Waals surface area contributed by atoms with E-state index in [9.17, 15) is 4.79 Å². The molecular formula is C10H9ClN2O. The van der Waals surface area contributed by atoms with Gasteiger partial charge in [-0.1, -0.05) is 17.5 Å². The summed E-state index contributed by atoms with van der Waals surface area (Å²) < 4.78 is 0. The van der Waals surface area contributed by atoms with Crippen LogP contribution >= 0.6 is 11.6 Å². The second kappa shape index (κ2) is 4.64. The van der Waals surface area contributed by atoms with Crippen LogP contribution in [0, 0.1) is 11.8 Å². The molecule has 0 fully saturated rings. The first-order chi connectivity index (χ1) is 6.59. The van der Waals surface area contributed by atoms with Gasteiger partial charge < -0.3 is 4.90 Å². The molecule has 0 unspecified atom stereocenters. The highest BCUT2D eigenvalue weighted by molar-refractivity contribution is 6.29. The molecule has 72 valence electrons. The van der Waals surface area contributed by atoms with Crippen LogP contribution in [0.2, 0.25) is 5.15 Å². The molecule has 0 aliphatic heterocycles. The molecule has 14 heavy (non-hydrogen) atoms. The van der Waals surface area contributed by atoms with Crippen LogP contribution in [0.25, 0.3) is 0 Å². The fourth-order valence-corrected chi connectivity index (χ4v) is 0.799. The van der Waals surface area contributed by atoms with Gasteiger partial charge in [0.25, 0.3) is 5.91 Å². The van der Waals surface area contributed by atoms with Gasteiger partial charge in [0, 0.05) is 31.8 Å². The Labute approximate surface area is 87.7 Å². The third kappa shape index (κ3) is 3.08. The molecule has 4 heteroatoms. The first-order valence-electron chi connectivity index (χ1n) is 3.94. The lowest BCUT2D eigenvalue weighted by atomic mass is 10.3. The molecule has 0 aliphatic carbocycles. The lowest BCUT2D eigenvalue weighted by molar-refractivity contribution is -0.122. The van der Waals surface area contributed by atoms with E-state index in [0.29, 0.717) is 10.7 Å². The van der Waals surface area contributed by atoms with E-state index >= 15 is 0 Å². The smallest absolute Gasteiger partial charge is 0.298 e. The third-order valence-electron chi connectivity index (χ3n) is 1.45. The maximum absolute atomic E-state index is 11.1. The van der Waals surface area contributed by atoms with Crippen molar-refractivity contribution in [1.29, 1.82) is 0 Å². The molecule has 0 bridgehead atoms. The van der Waals surface area contributed by atoms with E-state index < -0.39 is 0 Å². The highest BCUT2D eigenvalue weighted by Crippen LogP contribution is 2.03. The summed E-state index contributed by atoms with van der Waals surface area (Å²) in [6, 6.07) is 3.34. The van der Waals surface area contributed by atoms with Crippen molar-refractivity contribution in [3.63, 3.8) is 0 Å². The average molecular weight is 209 g/mol. The predicted octanol–water partition coefficient (Wildman–Crippen LogP) is 1.17. The Balaban J connectivity index is 2.78. The fraction of sp³-hybridized carbons (Fsp3) is 0.200. The summed E-state index contributed by atoms with van der Waals surface area (Å²) in [7, 11) is 3.30. The zero-order valence-electron chi connectivity index (χ0n) is 7.91. The SMILES string of the molecule is CN(C)C(=O)C#Cc1ccc(Cl)nc1. The van der Waals surface area contributed by atoms with Crippen LogP contribution in [0.1, 0.15) is 5.56 Å². The Kier molecular flexibility index (Phi) is 3.49. The summed E-state index contributed by atoms with van der Waals surface area (Å²) >= 11 is 5.59.